The summed E-state index contributed by atoms with van der Waals surface area (Å²) in [7, 11) is 0. The van der Waals surface area contributed by atoms with Gasteiger partial charge in [-0.2, -0.15) is 0 Å². The molecule has 10 aromatic carbocycles. The van der Waals surface area contributed by atoms with Gasteiger partial charge in [0.2, 0.25) is 0 Å². The van der Waals surface area contributed by atoms with E-state index in [0.29, 0.717) is 0 Å². The first-order chi connectivity index (χ1) is 30.1. The van der Waals surface area contributed by atoms with Crippen molar-refractivity contribution in [3.8, 4) is 55.6 Å². The lowest BCUT2D eigenvalue weighted by Gasteiger charge is -2.31. The summed E-state index contributed by atoms with van der Waals surface area (Å²) in [5.41, 5.74) is 19.1. The van der Waals surface area contributed by atoms with Crippen LogP contribution in [0.3, 0.4) is 0 Å². The van der Waals surface area contributed by atoms with E-state index in [-0.39, 0.29) is 5.41 Å². The Kier molecular flexibility index (Phi) is 9.02. The van der Waals surface area contributed by atoms with Crippen LogP contribution in [0.2, 0.25) is 0 Å². The first kappa shape index (κ1) is 36.3. The lowest BCUT2D eigenvalue weighted by Crippen LogP contribution is -2.22. The zero-order valence-electron chi connectivity index (χ0n) is 34.0. The fraction of sp³-hybridized carbons (Fsp3) is 0.0333. The lowest BCUT2D eigenvalue weighted by atomic mass is 9.74. The molecule has 1 aliphatic rings. The van der Waals surface area contributed by atoms with Crippen molar-refractivity contribution in [1.29, 1.82) is 0 Å². The van der Waals surface area contributed by atoms with Crippen molar-refractivity contribution in [1.82, 2.24) is 0 Å². The van der Waals surface area contributed by atoms with Crippen molar-refractivity contribution in [2.75, 3.05) is 4.90 Å². The number of benzene rings is 10. The SMILES string of the molecule is CC1(c2ccccc2)c2ccccc2-c2cc(N(c3cccc(-c4ccc5ccccc5c4)c3)c3ccccc3-c3ccccc3-c3ccccc3-c3ccccc3)ccc21. The number of nitrogens with zero attached hydrogens (tertiary/aromatic N) is 1. The molecule has 0 spiro atoms. The van der Waals surface area contributed by atoms with Gasteiger partial charge in [-0.15, -0.1) is 0 Å². The maximum atomic E-state index is 2.47. The molecule has 0 saturated heterocycles. The highest BCUT2D eigenvalue weighted by Gasteiger charge is 2.41. The van der Waals surface area contributed by atoms with Crippen LogP contribution in [-0.4, -0.2) is 0 Å². The summed E-state index contributed by atoms with van der Waals surface area (Å²) in [4.78, 5) is 2.47. The second kappa shape index (κ2) is 15.1. The Hall–Kier alpha value is -7.74. The highest BCUT2D eigenvalue weighted by Crippen LogP contribution is 2.54. The van der Waals surface area contributed by atoms with Gasteiger partial charge < -0.3 is 4.90 Å². The van der Waals surface area contributed by atoms with Crippen molar-refractivity contribution in [2.24, 2.45) is 0 Å². The minimum absolute atomic E-state index is 0.282. The molecule has 0 aromatic heterocycles. The molecule has 0 bridgehead atoms. The van der Waals surface area contributed by atoms with Gasteiger partial charge >= 0.3 is 0 Å². The zero-order chi connectivity index (χ0) is 40.8. The molecule has 1 atom stereocenters. The first-order valence-corrected chi connectivity index (χ1v) is 21.2. The summed E-state index contributed by atoms with van der Waals surface area (Å²) in [5, 5.41) is 2.48. The van der Waals surface area contributed by atoms with Crippen molar-refractivity contribution in [3.05, 3.63) is 259 Å². The third-order valence-corrected chi connectivity index (χ3v) is 12.8. The lowest BCUT2D eigenvalue weighted by molar-refractivity contribution is 0.714. The predicted molar refractivity (Wildman–Crippen MR) is 258 cm³/mol. The molecule has 1 nitrogen and oxygen atoms in total. The minimum atomic E-state index is -0.282. The Morgan fingerprint density at radius 2 is 0.820 bits per heavy atom. The van der Waals surface area contributed by atoms with Crippen LogP contribution in [0.25, 0.3) is 66.4 Å². The molecule has 0 amide bonds. The van der Waals surface area contributed by atoms with Crippen LogP contribution in [0.1, 0.15) is 23.6 Å². The molecule has 0 saturated carbocycles. The third-order valence-electron chi connectivity index (χ3n) is 12.8. The summed E-state index contributed by atoms with van der Waals surface area (Å²) < 4.78 is 0. The van der Waals surface area contributed by atoms with E-state index < -0.39 is 0 Å². The van der Waals surface area contributed by atoms with E-state index >= 15 is 0 Å². The second-order valence-electron chi connectivity index (χ2n) is 16.2. The molecule has 0 N–H and O–H groups in total. The van der Waals surface area contributed by atoms with Gasteiger partial charge in [-0.05, 0) is 121 Å². The first-order valence-electron chi connectivity index (χ1n) is 21.2. The van der Waals surface area contributed by atoms with Gasteiger partial charge in [0, 0.05) is 22.4 Å². The van der Waals surface area contributed by atoms with E-state index in [1.807, 2.05) is 0 Å². The standard InChI is InChI=1S/C60H43N/c1-60(47-24-6-3-7-25-47)57-33-16-14-31-54(57)56-41-49(37-38-58(56)60)61(48-26-18-23-45(40-48)46-36-35-42-19-8-9-22-44(42)39-46)59-34-17-15-32-55(59)53-30-13-12-29-52(53)51-28-11-10-27-50(51)43-20-4-2-5-21-43/h2-41H,1H3. The molecule has 1 aliphatic carbocycles. The number of rotatable bonds is 8. The molecule has 0 fully saturated rings. The Labute approximate surface area is 358 Å². The molecule has 10 aromatic rings. The van der Waals surface area contributed by atoms with E-state index in [1.165, 1.54) is 77.5 Å². The van der Waals surface area contributed by atoms with E-state index in [4.69, 9.17) is 0 Å². The highest BCUT2D eigenvalue weighted by molar-refractivity contribution is 5.98. The van der Waals surface area contributed by atoms with Gasteiger partial charge in [0.15, 0.2) is 0 Å². The third kappa shape index (κ3) is 6.26. The number of hydrogen-bond acceptors (Lipinski definition) is 1. The summed E-state index contributed by atoms with van der Waals surface area (Å²) >= 11 is 0. The van der Waals surface area contributed by atoms with Crippen molar-refractivity contribution < 1.29 is 0 Å². The average molecular weight is 778 g/mol. The predicted octanol–water partition coefficient (Wildman–Crippen LogP) is 16.3. The normalized spacial score (nSPS) is 14.0. The van der Waals surface area contributed by atoms with Crippen molar-refractivity contribution in [3.63, 3.8) is 0 Å². The van der Waals surface area contributed by atoms with Crippen LogP contribution in [0.15, 0.2) is 243 Å². The molecular formula is C60H43N. The van der Waals surface area contributed by atoms with Gasteiger partial charge in [0.05, 0.1) is 5.69 Å². The molecule has 1 heteroatoms. The number of para-hydroxylation sites is 1. The molecule has 0 radical (unpaired) electrons. The van der Waals surface area contributed by atoms with E-state index in [2.05, 4.69) is 254 Å². The topological polar surface area (TPSA) is 3.24 Å². The maximum absolute atomic E-state index is 2.47. The number of hydrogen-bond donors (Lipinski definition) is 0. The van der Waals surface area contributed by atoms with Crippen LogP contribution in [-0.2, 0) is 5.41 Å². The molecule has 0 heterocycles. The van der Waals surface area contributed by atoms with Gasteiger partial charge in [-0.3, -0.25) is 0 Å². The average Bonchev–Trinajstić information content (AvgIpc) is 3.60. The molecule has 0 aliphatic heterocycles. The number of anilines is 3. The minimum Gasteiger partial charge on any atom is -0.310 e. The van der Waals surface area contributed by atoms with Gasteiger partial charge in [-0.1, -0.05) is 206 Å². The molecule has 288 valence electrons. The summed E-state index contributed by atoms with van der Waals surface area (Å²) in [5.74, 6) is 0. The van der Waals surface area contributed by atoms with Crippen LogP contribution in [0, 0.1) is 0 Å². The fourth-order valence-corrected chi connectivity index (χ4v) is 9.77. The van der Waals surface area contributed by atoms with Crippen molar-refractivity contribution >= 4 is 27.8 Å². The van der Waals surface area contributed by atoms with E-state index in [1.54, 1.807) is 0 Å². The summed E-state index contributed by atoms with van der Waals surface area (Å²) in [6, 6.07) is 88.8. The van der Waals surface area contributed by atoms with Crippen LogP contribution < -0.4 is 4.90 Å². The molecule has 61 heavy (non-hydrogen) atoms. The van der Waals surface area contributed by atoms with Gasteiger partial charge in [0.1, 0.15) is 0 Å². The van der Waals surface area contributed by atoms with E-state index in [9.17, 15) is 0 Å². The Morgan fingerprint density at radius 3 is 1.59 bits per heavy atom. The van der Waals surface area contributed by atoms with Crippen LogP contribution in [0.4, 0.5) is 17.1 Å². The molecule has 1 unspecified atom stereocenters. The Bertz CT molecular complexity index is 3220. The Balaban J connectivity index is 1.13. The Morgan fingerprint density at radius 1 is 0.295 bits per heavy atom. The summed E-state index contributed by atoms with van der Waals surface area (Å²) in [6.45, 7) is 2.39. The fourth-order valence-electron chi connectivity index (χ4n) is 9.77. The van der Waals surface area contributed by atoms with Gasteiger partial charge in [-0.25, -0.2) is 0 Å². The molecule has 11 rings (SSSR count). The second-order valence-corrected chi connectivity index (χ2v) is 16.2. The smallest absolute Gasteiger partial charge is 0.0540 e. The monoisotopic (exact) mass is 777 g/mol. The zero-order valence-corrected chi connectivity index (χ0v) is 34.0. The maximum Gasteiger partial charge on any atom is 0.0540 e. The van der Waals surface area contributed by atoms with Gasteiger partial charge in [0.25, 0.3) is 0 Å². The van der Waals surface area contributed by atoms with Crippen molar-refractivity contribution in [2.45, 2.75) is 12.3 Å². The van der Waals surface area contributed by atoms with Crippen LogP contribution >= 0.6 is 0 Å². The van der Waals surface area contributed by atoms with Crippen LogP contribution in [0.5, 0.6) is 0 Å². The largest absolute Gasteiger partial charge is 0.310 e. The van der Waals surface area contributed by atoms with E-state index in [0.717, 1.165) is 22.6 Å². The number of fused-ring (bicyclic) bond motifs is 4. The molecular weight excluding hydrogens is 735 g/mol. The highest BCUT2D eigenvalue weighted by atomic mass is 15.1. The summed E-state index contributed by atoms with van der Waals surface area (Å²) in [6.07, 6.45) is 0. The quantitative estimate of drug-likeness (QED) is 0.149.